The zero-order valence-corrected chi connectivity index (χ0v) is 16.5. The molecule has 1 aliphatic carbocycles. The fourth-order valence-corrected chi connectivity index (χ4v) is 4.22. The van der Waals surface area contributed by atoms with Crippen LogP contribution in [-0.4, -0.2) is 25.5 Å². The summed E-state index contributed by atoms with van der Waals surface area (Å²) in [6.45, 7) is 1.99. The molecule has 0 radical (unpaired) electrons. The van der Waals surface area contributed by atoms with E-state index in [1.165, 1.54) is 11.6 Å². The Labute approximate surface area is 165 Å². The van der Waals surface area contributed by atoms with Gasteiger partial charge in [0.2, 0.25) is 15.9 Å². The summed E-state index contributed by atoms with van der Waals surface area (Å²) in [4.78, 5) is 4.12. The molecule has 28 heavy (non-hydrogen) atoms. The Morgan fingerprint density at radius 3 is 2.46 bits per heavy atom. The summed E-state index contributed by atoms with van der Waals surface area (Å²) >= 11 is 0. The molecule has 0 spiro atoms. The molecule has 7 heteroatoms. The number of nitriles is 1. The van der Waals surface area contributed by atoms with E-state index < -0.39 is 10.0 Å². The smallest absolute Gasteiger partial charge is 0.233 e. The van der Waals surface area contributed by atoms with Crippen LogP contribution in [0.5, 0.6) is 5.88 Å². The topological polar surface area (TPSA) is 92.1 Å². The Hall–Kier alpha value is -2.69. The van der Waals surface area contributed by atoms with E-state index in [9.17, 15) is 8.42 Å². The lowest BCUT2D eigenvalue weighted by atomic mass is 9.94. The van der Waals surface area contributed by atoms with E-state index in [1.807, 2.05) is 37.3 Å². The highest BCUT2D eigenvalue weighted by Gasteiger charge is 2.25. The predicted octanol–water partition coefficient (Wildman–Crippen LogP) is 3.54. The van der Waals surface area contributed by atoms with E-state index in [0.717, 1.165) is 24.0 Å². The molecule has 0 unspecified atom stereocenters. The molecule has 0 aliphatic heterocycles. The number of nitrogens with zero attached hydrogens (tertiary/aromatic N) is 2. The van der Waals surface area contributed by atoms with Gasteiger partial charge in [0.15, 0.2) is 0 Å². The third kappa shape index (κ3) is 5.91. The molecule has 1 aromatic heterocycles. The number of benzene rings is 1. The molecular formula is C21H23N3O3S. The second-order valence-corrected chi connectivity index (χ2v) is 8.56. The van der Waals surface area contributed by atoms with Crippen molar-refractivity contribution < 1.29 is 13.2 Å². The quantitative estimate of drug-likeness (QED) is 0.805. The number of ether oxygens (including phenoxy) is 1. The number of aromatic nitrogens is 1. The number of hydrogen-bond acceptors (Lipinski definition) is 5. The van der Waals surface area contributed by atoms with Gasteiger partial charge in [-0.1, -0.05) is 29.8 Å². The maximum atomic E-state index is 12.3. The maximum absolute atomic E-state index is 12.3. The van der Waals surface area contributed by atoms with Gasteiger partial charge in [0.1, 0.15) is 12.2 Å². The first kappa shape index (κ1) is 20.1. The van der Waals surface area contributed by atoms with Gasteiger partial charge in [-0.3, -0.25) is 0 Å². The minimum absolute atomic E-state index is 0.00397. The van der Waals surface area contributed by atoms with Gasteiger partial charge < -0.3 is 4.74 Å². The van der Waals surface area contributed by atoms with Crippen LogP contribution < -0.4 is 9.46 Å². The van der Waals surface area contributed by atoms with E-state index in [4.69, 9.17) is 10.00 Å². The Bertz CT molecular complexity index is 953. The van der Waals surface area contributed by atoms with E-state index >= 15 is 0 Å². The van der Waals surface area contributed by atoms with Crippen molar-refractivity contribution >= 4 is 16.1 Å². The number of aryl methyl sites for hydroxylation is 1. The van der Waals surface area contributed by atoms with Crippen LogP contribution in [0.1, 0.15) is 42.4 Å². The lowest BCUT2D eigenvalue weighted by Crippen LogP contribution is -2.38. The van der Waals surface area contributed by atoms with Crippen LogP contribution in [0.15, 0.2) is 48.0 Å². The largest absolute Gasteiger partial charge is 0.474 e. The predicted molar refractivity (Wildman–Crippen MR) is 108 cm³/mol. The zero-order chi connectivity index (χ0) is 20.0. The number of sulfonamides is 1. The van der Waals surface area contributed by atoms with Gasteiger partial charge in [-0.05, 0) is 50.3 Å². The lowest BCUT2D eigenvalue weighted by molar-refractivity contribution is 0.138. The second kappa shape index (κ2) is 9.00. The monoisotopic (exact) mass is 397 g/mol. The number of rotatable bonds is 6. The van der Waals surface area contributed by atoms with Crippen molar-refractivity contribution in [3.05, 3.63) is 64.7 Å². The average Bonchev–Trinajstić information content (AvgIpc) is 2.69. The molecule has 2 aromatic rings. The van der Waals surface area contributed by atoms with Gasteiger partial charge in [0.05, 0.1) is 5.56 Å². The van der Waals surface area contributed by atoms with Crippen LogP contribution in [0.25, 0.3) is 6.08 Å². The van der Waals surface area contributed by atoms with Crippen molar-refractivity contribution in [2.75, 3.05) is 0 Å². The molecule has 1 saturated carbocycles. The van der Waals surface area contributed by atoms with E-state index in [2.05, 4.69) is 9.71 Å². The summed E-state index contributed by atoms with van der Waals surface area (Å²) < 4.78 is 33.2. The molecule has 146 valence electrons. The van der Waals surface area contributed by atoms with Crippen molar-refractivity contribution in [1.29, 1.82) is 5.26 Å². The highest BCUT2D eigenvalue weighted by Crippen LogP contribution is 2.23. The molecule has 0 bridgehead atoms. The zero-order valence-electron chi connectivity index (χ0n) is 15.7. The third-order valence-corrected chi connectivity index (χ3v) is 5.83. The minimum atomic E-state index is -3.49. The standard InChI is InChI=1S/C21H23N3O3S/c1-16-2-4-17(5-3-16)12-13-28(25,26)24-19-7-9-20(10-8-19)27-21-11-6-18(14-22)15-23-21/h2-6,11-13,15,19-20,24H,7-10H2,1H3/b13-12+. The third-order valence-electron chi connectivity index (χ3n) is 4.67. The van der Waals surface area contributed by atoms with Crippen LogP contribution >= 0.6 is 0 Å². The Morgan fingerprint density at radius 2 is 1.86 bits per heavy atom. The molecular weight excluding hydrogens is 374 g/mol. The SMILES string of the molecule is Cc1ccc(/C=C/S(=O)(=O)NC2CCC(Oc3ccc(C#N)cn3)CC2)cc1. The fourth-order valence-electron chi connectivity index (χ4n) is 3.10. The summed E-state index contributed by atoms with van der Waals surface area (Å²) in [7, 11) is -3.49. The first-order valence-electron chi connectivity index (χ1n) is 9.23. The van der Waals surface area contributed by atoms with Crippen LogP contribution in [0.4, 0.5) is 0 Å². The minimum Gasteiger partial charge on any atom is -0.474 e. The van der Waals surface area contributed by atoms with Gasteiger partial charge in [-0.25, -0.2) is 18.1 Å². The second-order valence-electron chi connectivity index (χ2n) is 6.96. The van der Waals surface area contributed by atoms with E-state index in [1.54, 1.807) is 18.2 Å². The van der Waals surface area contributed by atoms with Crippen molar-refractivity contribution in [2.24, 2.45) is 0 Å². The van der Waals surface area contributed by atoms with E-state index in [-0.39, 0.29) is 12.1 Å². The molecule has 1 fully saturated rings. The van der Waals surface area contributed by atoms with E-state index in [0.29, 0.717) is 24.3 Å². The number of nitrogens with one attached hydrogen (secondary N) is 1. The summed E-state index contributed by atoms with van der Waals surface area (Å²) in [5.41, 5.74) is 2.47. The molecule has 6 nitrogen and oxygen atoms in total. The molecule has 0 saturated heterocycles. The highest BCUT2D eigenvalue weighted by atomic mass is 32.2. The number of pyridine rings is 1. The first-order chi connectivity index (χ1) is 13.4. The van der Waals surface area contributed by atoms with Crippen LogP contribution in [0.2, 0.25) is 0 Å². The Balaban J connectivity index is 1.48. The molecule has 1 aliphatic rings. The molecule has 1 heterocycles. The van der Waals surface area contributed by atoms with Crippen molar-refractivity contribution in [2.45, 2.75) is 44.8 Å². The average molecular weight is 398 g/mol. The Kier molecular flexibility index (Phi) is 6.45. The normalized spacial score (nSPS) is 20.0. The fraction of sp³-hybridized carbons (Fsp3) is 0.333. The molecule has 3 rings (SSSR count). The van der Waals surface area contributed by atoms with Gasteiger partial charge in [0.25, 0.3) is 0 Å². The summed E-state index contributed by atoms with van der Waals surface area (Å²) in [6, 6.07) is 13.0. The van der Waals surface area contributed by atoms with Crippen LogP contribution in [0.3, 0.4) is 0 Å². The van der Waals surface area contributed by atoms with Crippen molar-refractivity contribution in [3.63, 3.8) is 0 Å². The summed E-state index contributed by atoms with van der Waals surface area (Å²) in [5.74, 6) is 0.490. The van der Waals surface area contributed by atoms with Crippen LogP contribution in [-0.2, 0) is 10.0 Å². The number of hydrogen-bond donors (Lipinski definition) is 1. The van der Waals surface area contributed by atoms with Gasteiger partial charge in [-0.2, -0.15) is 5.26 Å². The van der Waals surface area contributed by atoms with Crippen molar-refractivity contribution in [3.8, 4) is 11.9 Å². The van der Waals surface area contributed by atoms with Crippen LogP contribution in [0, 0.1) is 18.3 Å². The van der Waals surface area contributed by atoms with Gasteiger partial charge in [-0.15, -0.1) is 0 Å². The highest BCUT2D eigenvalue weighted by molar-refractivity contribution is 7.92. The van der Waals surface area contributed by atoms with Gasteiger partial charge >= 0.3 is 0 Å². The van der Waals surface area contributed by atoms with Crippen molar-refractivity contribution in [1.82, 2.24) is 9.71 Å². The lowest BCUT2D eigenvalue weighted by Gasteiger charge is -2.28. The first-order valence-corrected chi connectivity index (χ1v) is 10.8. The molecule has 1 N–H and O–H groups in total. The maximum Gasteiger partial charge on any atom is 0.233 e. The summed E-state index contributed by atoms with van der Waals surface area (Å²) in [6.07, 6.45) is 6.00. The molecule has 0 atom stereocenters. The summed E-state index contributed by atoms with van der Waals surface area (Å²) in [5, 5.41) is 10.0. The Morgan fingerprint density at radius 1 is 1.14 bits per heavy atom. The van der Waals surface area contributed by atoms with Gasteiger partial charge in [0, 0.05) is 23.7 Å². The molecule has 0 amide bonds. The molecule has 1 aromatic carbocycles.